The number of rotatable bonds is 10. The van der Waals surface area contributed by atoms with E-state index in [0.29, 0.717) is 19.1 Å². The van der Waals surface area contributed by atoms with Gasteiger partial charge >= 0.3 is 0 Å². The Balaban J connectivity index is 0.00000576. The van der Waals surface area contributed by atoms with E-state index in [0.717, 1.165) is 18.8 Å². The zero-order valence-corrected chi connectivity index (χ0v) is 18.3. The van der Waals surface area contributed by atoms with E-state index < -0.39 is 0 Å². The summed E-state index contributed by atoms with van der Waals surface area (Å²) >= 11 is 0. The minimum Gasteiger partial charge on any atom is -0.497 e. The monoisotopic (exact) mass is 464 g/mol. The fraction of sp³-hybridized carbons (Fsp3) is 0.611. The van der Waals surface area contributed by atoms with Crippen LogP contribution in [0.2, 0.25) is 0 Å². The van der Waals surface area contributed by atoms with Crippen molar-refractivity contribution in [2.75, 3.05) is 40.5 Å². The molecular formula is C18H33IN4O2. The van der Waals surface area contributed by atoms with Crippen LogP contribution >= 0.6 is 24.0 Å². The molecule has 0 spiro atoms. The van der Waals surface area contributed by atoms with Gasteiger partial charge in [-0.05, 0) is 37.7 Å². The van der Waals surface area contributed by atoms with Crippen LogP contribution in [0.15, 0.2) is 29.3 Å². The van der Waals surface area contributed by atoms with E-state index in [1.54, 1.807) is 14.2 Å². The fourth-order valence-electron chi connectivity index (χ4n) is 2.72. The van der Waals surface area contributed by atoms with Crippen molar-refractivity contribution in [3.05, 3.63) is 29.8 Å². The van der Waals surface area contributed by atoms with Crippen molar-refractivity contribution in [1.82, 2.24) is 10.2 Å². The van der Waals surface area contributed by atoms with Gasteiger partial charge in [0, 0.05) is 13.2 Å². The largest absolute Gasteiger partial charge is 0.497 e. The molecule has 3 N–H and O–H groups in total. The van der Waals surface area contributed by atoms with Crippen molar-refractivity contribution in [3.63, 3.8) is 0 Å². The number of nitrogens with zero attached hydrogens (tertiary/aromatic N) is 2. The predicted molar refractivity (Wildman–Crippen MR) is 115 cm³/mol. The number of hydrogen-bond acceptors (Lipinski definition) is 4. The number of likely N-dealkylation sites (N-methyl/N-ethyl adjacent to an activating group) is 1. The van der Waals surface area contributed by atoms with E-state index in [1.165, 1.54) is 5.56 Å². The standard InChI is InChI=1S/C18H32N4O2.HI/c1-6-22(7-2)17(15-9-8-10-16(11-15)24-5)12-20-18(19)21-14(3)13-23-4;/h8-11,14,17H,6-7,12-13H2,1-5H3,(H3,19,20,21);1H. The highest BCUT2D eigenvalue weighted by Gasteiger charge is 2.18. The predicted octanol–water partition coefficient (Wildman–Crippen LogP) is 2.64. The number of hydrogen-bond donors (Lipinski definition) is 2. The summed E-state index contributed by atoms with van der Waals surface area (Å²) in [6.07, 6.45) is 0. The first-order valence-electron chi connectivity index (χ1n) is 8.49. The number of benzene rings is 1. The van der Waals surface area contributed by atoms with Crippen molar-refractivity contribution < 1.29 is 9.47 Å². The van der Waals surface area contributed by atoms with Crippen molar-refractivity contribution in [2.45, 2.75) is 32.9 Å². The number of nitrogens with one attached hydrogen (secondary N) is 1. The highest BCUT2D eigenvalue weighted by atomic mass is 127. The molecule has 144 valence electrons. The third-order valence-corrected chi connectivity index (χ3v) is 3.98. The fourth-order valence-corrected chi connectivity index (χ4v) is 2.72. The smallest absolute Gasteiger partial charge is 0.188 e. The van der Waals surface area contributed by atoms with Crippen LogP contribution in [0.1, 0.15) is 32.4 Å². The lowest BCUT2D eigenvalue weighted by molar-refractivity contribution is 0.179. The van der Waals surface area contributed by atoms with Gasteiger partial charge in [0.05, 0.1) is 26.3 Å². The van der Waals surface area contributed by atoms with Gasteiger partial charge in [-0.1, -0.05) is 26.0 Å². The van der Waals surface area contributed by atoms with E-state index in [2.05, 4.69) is 41.2 Å². The Bertz CT molecular complexity index is 510. The molecule has 0 radical (unpaired) electrons. The minimum absolute atomic E-state index is 0. The lowest BCUT2D eigenvalue weighted by atomic mass is 10.0. The van der Waals surface area contributed by atoms with Crippen LogP contribution < -0.4 is 15.8 Å². The van der Waals surface area contributed by atoms with Gasteiger partial charge in [0.25, 0.3) is 0 Å². The number of aliphatic imine (C=N–C) groups is 1. The molecule has 25 heavy (non-hydrogen) atoms. The van der Waals surface area contributed by atoms with Gasteiger partial charge < -0.3 is 20.5 Å². The zero-order chi connectivity index (χ0) is 17.9. The highest BCUT2D eigenvalue weighted by molar-refractivity contribution is 14.0. The number of methoxy groups -OCH3 is 2. The van der Waals surface area contributed by atoms with Gasteiger partial charge in [-0.3, -0.25) is 9.89 Å². The Morgan fingerprint density at radius 3 is 2.52 bits per heavy atom. The maximum atomic E-state index is 6.01. The molecule has 0 heterocycles. The summed E-state index contributed by atoms with van der Waals surface area (Å²) in [6, 6.07) is 8.43. The average molecular weight is 464 g/mol. The number of guanidine groups is 1. The number of nitrogens with two attached hydrogens (primary N) is 1. The lowest BCUT2D eigenvalue weighted by Crippen LogP contribution is -2.41. The normalized spacial score (nSPS) is 13.9. The molecule has 1 aromatic carbocycles. The summed E-state index contributed by atoms with van der Waals surface area (Å²) in [6.45, 7) is 9.39. The second-order valence-electron chi connectivity index (χ2n) is 5.74. The van der Waals surface area contributed by atoms with Crippen molar-refractivity contribution in [2.24, 2.45) is 10.7 Å². The number of halogens is 1. The molecule has 0 amide bonds. The van der Waals surface area contributed by atoms with E-state index in [9.17, 15) is 0 Å². The van der Waals surface area contributed by atoms with Crippen LogP contribution in [0, 0.1) is 0 Å². The molecule has 2 unspecified atom stereocenters. The number of ether oxygens (including phenoxy) is 2. The molecule has 0 bridgehead atoms. The molecule has 0 fully saturated rings. The molecule has 6 nitrogen and oxygen atoms in total. The van der Waals surface area contributed by atoms with Crippen LogP contribution in [-0.2, 0) is 4.74 Å². The molecule has 0 aliphatic rings. The van der Waals surface area contributed by atoms with Crippen LogP contribution in [-0.4, -0.2) is 57.4 Å². The highest BCUT2D eigenvalue weighted by Crippen LogP contribution is 2.24. The van der Waals surface area contributed by atoms with Crippen molar-refractivity contribution in [3.8, 4) is 5.75 Å². The van der Waals surface area contributed by atoms with Crippen LogP contribution in [0.25, 0.3) is 0 Å². The Morgan fingerprint density at radius 2 is 1.96 bits per heavy atom. The van der Waals surface area contributed by atoms with E-state index >= 15 is 0 Å². The summed E-state index contributed by atoms with van der Waals surface area (Å²) in [5, 5.41) is 3.14. The molecule has 1 rings (SSSR count). The first kappa shape index (κ1) is 23.9. The molecule has 7 heteroatoms. The summed E-state index contributed by atoms with van der Waals surface area (Å²) in [5.74, 6) is 1.30. The first-order valence-corrected chi connectivity index (χ1v) is 8.49. The van der Waals surface area contributed by atoms with Gasteiger partial charge in [-0.25, -0.2) is 0 Å². The lowest BCUT2D eigenvalue weighted by Gasteiger charge is -2.29. The summed E-state index contributed by atoms with van der Waals surface area (Å²) in [5.41, 5.74) is 7.19. The van der Waals surface area contributed by atoms with Gasteiger partial charge in [0.1, 0.15) is 5.75 Å². The van der Waals surface area contributed by atoms with E-state index in [1.807, 2.05) is 19.1 Å². The molecule has 0 saturated carbocycles. The topological polar surface area (TPSA) is 72.1 Å². The van der Waals surface area contributed by atoms with Crippen molar-refractivity contribution >= 4 is 29.9 Å². The maximum absolute atomic E-state index is 6.01. The van der Waals surface area contributed by atoms with Crippen molar-refractivity contribution in [1.29, 1.82) is 0 Å². The molecular weight excluding hydrogens is 431 g/mol. The van der Waals surface area contributed by atoms with E-state index in [4.69, 9.17) is 15.2 Å². The van der Waals surface area contributed by atoms with Gasteiger partial charge in [0.15, 0.2) is 5.96 Å². The maximum Gasteiger partial charge on any atom is 0.188 e. The molecule has 2 atom stereocenters. The third-order valence-electron chi connectivity index (χ3n) is 3.98. The SMILES string of the molecule is CCN(CC)C(CN=C(N)NC(C)COC)c1cccc(OC)c1.I. The molecule has 0 aromatic heterocycles. The van der Waals surface area contributed by atoms with Crippen LogP contribution in [0.3, 0.4) is 0 Å². The van der Waals surface area contributed by atoms with Gasteiger partial charge in [0.2, 0.25) is 0 Å². The third kappa shape index (κ3) is 8.24. The second-order valence-corrected chi connectivity index (χ2v) is 5.74. The Labute approximate surface area is 169 Å². The molecule has 0 aliphatic heterocycles. The average Bonchev–Trinajstić information content (AvgIpc) is 2.58. The first-order chi connectivity index (χ1) is 11.5. The summed E-state index contributed by atoms with van der Waals surface area (Å²) in [7, 11) is 3.35. The summed E-state index contributed by atoms with van der Waals surface area (Å²) < 4.78 is 10.5. The zero-order valence-electron chi connectivity index (χ0n) is 16.0. The minimum atomic E-state index is 0. The molecule has 0 saturated heterocycles. The summed E-state index contributed by atoms with van der Waals surface area (Å²) in [4.78, 5) is 6.91. The Morgan fingerprint density at radius 1 is 1.28 bits per heavy atom. The quantitative estimate of drug-likeness (QED) is 0.317. The molecule has 1 aromatic rings. The van der Waals surface area contributed by atoms with Crippen LogP contribution in [0.5, 0.6) is 5.75 Å². The molecule has 0 aliphatic carbocycles. The van der Waals surface area contributed by atoms with Gasteiger partial charge in [-0.15, -0.1) is 24.0 Å². The van der Waals surface area contributed by atoms with Gasteiger partial charge in [-0.2, -0.15) is 0 Å². The van der Waals surface area contributed by atoms with Crippen LogP contribution in [0.4, 0.5) is 0 Å². The Hall–Kier alpha value is -1.06. The Kier molecular flexibility index (Phi) is 12.6. The van der Waals surface area contributed by atoms with E-state index in [-0.39, 0.29) is 36.1 Å². The second kappa shape index (κ2) is 13.2.